The molecule has 2 aliphatic heterocycles. The van der Waals surface area contributed by atoms with E-state index in [2.05, 4.69) is 64.0 Å². The molecule has 0 amide bonds. The predicted octanol–water partition coefficient (Wildman–Crippen LogP) is 4.13. The molecule has 4 nitrogen and oxygen atoms in total. The molecule has 0 aromatic heterocycles. The van der Waals surface area contributed by atoms with Crippen LogP contribution in [-0.2, 0) is 6.42 Å². The van der Waals surface area contributed by atoms with E-state index < -0.39 is 0 Å². The highest BCUT2D eigenvalue weighted by atomic mass is 19.1. The molecule has 2 heterocycles. The second-order valence-electron chi connectivity index (χ2n) is 10.8. The zero-order chi connectivity index (χ0) is 22.5. The van der Waals surface area contributed by atoms with E-state index >= 15 is 0 Å². The van der Waals surface area contributed by atoms with Gasteiger partial charge in [-0.2, -0.15) is 0 Å². The van der Waals surface area contributed by atoms with Crippen LogP contribution in [0.1, 0.15) is 47.9 Å². The average Bonchev–Trinajstić information content (AvgIpc) is 3.43. The van der Waals surface area contributed by atoms with Crippen LogP contribution in [-0.4, -0.2) is 80.1 Å². The number of aryl methyl sites for hydroxylation is 1. The fourth-order valence-electron chi connectivity index (χ4n) is 6.61. The molecular formula is C28H37FN4. The molecule has 33 heavy (non-hydrogen) atoms. The Morgan fingerprint density at radius 3 is 2.30 bits per heavy atom. The molecule has 6 rings (SSSR count). The van der Waals surface area contributed by atoms with Crippen molar-refractivity contribution in [1.29, 1.82) is 0 Å². The highest BCUT2D eigenvalue weighted by molar-refractivity contribution is 5.49. The van der Waals surface area contributed by atoms with Gasteiger partial charge in [0.15, 0.2) is 0 Å². The first-order valence-corrected chi connectivity index (χ1v) is 12.8. The fraction of sp³-hybridized carbons (Fsp3) is 0.571. The minimum Gasteiger partial charge on any atom is -0.369 e. The van der Waals surface area contributed by atoms with E-state index in [0.717, 1.165) is 50.6 Å². The quantitative estimate of drug-likeness (QED) is 0.682. The van der Waals surface area contributed by atoms with Crippen molar-refractivity contribution in [2.75, 3.05) is 58.3 Å². The zero-order valence-corrected chi connectivity index (χ0v) is 20.1. The summed E-state index contributed by atoms with van der Waals surface area (Å²) in [5.41, 5.74) is 4.94. The van der Waals surface area contributed by atoms with Gasteiger partial charge in [-0.05, 0) is 69.1 Å². The molecule has 0 spiro atoms. The number of piperazine rings is 1. The monoisotopic (exact) mass is 448 g/mol. The van der Waals surface area contributed by atoms with E-state index in [4.69, 9.17) is 0 Å². The average molecular weight is 449 g/mol. The molecule has 5 heteroatoms. The number of benzene rings is 2. The Morgan fingerprint density at radius 2 is 1.61 bits per heavy atom. The van der Waals surface area contributed by atoms with Gasteiger partial charge in [0.2, 0.25) is 0 Å². The van der Waals surface area contributed by atoms with Crippen LogP contribution in [0.3, 0.4) is 0 Å². The van der Waals surface area contributed by atoms with Crippen molar-refractivity contribution in [1.82, 2.24) is 14.7 Å². The first-order chi connectivity index (χ1) is 16.1. The van der Waals surface area contributed by atoms with E-state index in [1.807, 2.05) is 6.07 Å². The SMILES string of the molecule is CN(C)C1CN(C2CCc3cccc(F)c32)CC1c1ccc(N2CCN(C3CC3)CC2)cc1. The van der Waals surface area contributed by atoms with E-state index in [-0.39, 0.29) is 11.9 Å². The van der Waals surface area contributed by atoms with Crippen LogP contribution in [0.25, 0.3) is 0 Å². The molecule has 4 aliphatic rings. The van der Waals surface area contributed by atoms with E-state index in [1.165, 1.54) is 42.7 Å². The molecular weight excluding hydrogens is 411 g/mol. The molecule has 2 aromatic carbocycles. The number of likely N-dealkylation sites (N-methyl/N-ethyl adjacent to an activating group) is 1. The van der Waals surface area contributed by atoms with Gasteiger partial charge in [0, 0.05) is 74.6 Å². The number of hydrogen-bond acceptors (Lipinski definition) is 4. The number of fused-ring (bicyclic) bond motifs is 1. The number of halogens is 1. The van der Waals surface area contributed by atoms with Crippen LogP contribution in [0.4, 0.5) is 10.1 Å². The molecule has 0 N–H and O–H groups in total. The molecule has 176 valence electrons. The Morgan fingerprint density at radius 1 is 0.848 bits per heavy atom. The predicted molar refractivity (Wildman–Crippen MR) is 133 cm³/mol. The number of anilines is 1. The van der Waals surface area contributed by atoms with Crippen molar-refractivity contribution < 1.29 is 4.39 Å². The Labute approximate surface area is 198 Å². The van der Waals surface area contributed by atoms with Gasteiger partial charge in [-0.3, -0.25) is 9.80 Å². The number of nitrogens with zero attached hydrogens (tertiary/aromatic N) is 4. The Bertz CT molecular complexity index is 978. The van der Waals surface area contributed by atoms with Crippen molar-refractivity contribution in [3.63, 3.8) is 0 Å². The normalized spacial score (nSPS) is 28.6. The first kappa shape index (κ1) is 21.6. The lowest BCUT2D eigenvalue weighted by molar-refractivity contribution is 0.213. The summed E-state index contributed by atoms with van der Waals surface area (Å²) in [5, 5.41) is 0. The van der Waals surface area contributed by atoms with E-state index in [0.29, 0.717) is 12.0 Å². The lowest BCUT2D eigenvalue weighted by Crippen LogP contribution is -2.47. The Kier molecular flexibility index (Phi) is 5.68. The van der Waals surface area contributed by atoms with Crippen LogP contribution in [0.2, 0.25) is 0 Å². The van der Waals surface area contributed by atoms with Crippen LogP contribution in [0.15, 0.2) is 42.5 Å². The maximum atomic E-state index is 14.7. The second-order valence-corrected chi connectivity index (χ2v) is 10.8. The molecule has 1 saturated carbocycles. The minimum absolute atomic E-state index is 0.0222. The lowest BCUT2D eigenvalue weighted by atomic mass is 9.93. The third kappa shape index (κ3) is 4.09. The second kappa shape index (κ2) is 8.68. The largest absolute Gasteiger partial charge is 0.369 e. The highest BCUT2D eigenvalue weighted by Crippen LogP contribution is 2.42. The van der Waals surface area contributed by atoms with Gasteiger partial charge in [0.25, 0.3) is 0 Å². The van der Waals surface area contributed by atoms with Crippen LogP contribution in [0.5, 0.6) is 0 Å². The number of hydrogen-bond donors (Lipinski definition) is 0. The summed E-state index contributed by atoms with van der Waals surface area (Å²) in [7, 11) is 4.39. The first-order valence-electron chi connectivity index (χ1n) is 12.8. The summed E-state index contributed by atoms with van der Waals surface area (Å²) in [4.78, 5) is 10.1. The Hall–Kier alpha value is -1.95. The maximum absolute atomic E-state index is 14.7. The third-order valence-electron chi connectivity index (χ3n) is 8.65. The topological polar surface area (TPSA) is 13.0 Å². The molecule has 2 aromatic rings. The van der Waals surface area contributed by atoms with Gasteiger partial charge in [-0.15, -0.1) is 0 Å². The van der Waals surface area contributed by atoms with Gasteiger partial charge in [0.1, 0.15) is 5.82 Å². The fourth-order valence-corrected chi connectivity index (χ4v) is 6.61. The van der Waals surface area contributed by atoms with Gasteiger partial charge < -0.3 is 9.80 Å². The summed E-state index contributed by atoms with van der Waals surface area (Å²) in [6, 6.07) is 16.5. The summed E-state index contributed by atoms with van der Waals surface area (Å²) in [5.74, 6) is 0.433. The third-order valence-corrected chi connectivity index (χ3v) is 8.65. The smallest absolute Gasteiger partial charge is 0.128 e. The van der Waals surface area contributed by atoms with Crippen molar-refractivity contribution >= 4 is 5.69 Å². The maximum Gasteiger partial charge on any atom is 0.128 e. The van der Waals surface area contributed by atoms with Gasteiger partial charge in [0.05, 0.1) is 0 Å². The van der Waals surface area contributed by atoms with Gasteiger partial charge in [-0.1, -0.05) is 24.3 Å². The van der Waals surface area contributed by atoms with E-state index in [1.54, 1.807) is 6.07 Å². The standard InChI is InChI=1S/C28H37FN4/c1-30(2)27-19-33(26-13-8-21-4-3-5-25(29)28(21)26)18-24(27)20-6-9-22(10-7-20)31-14-16-32(17-15-31)23-11-12-23/h3-7,9-10,23-24,26-27H,8,11-19H2,1-2H3. The highest BCUT2D eigenvalue weighted by Gasteiger charge is 2.41. The van der Waals surface area contributed by atoms with Crippen molar-refractivity contribution in [2.45, 2.75) is 49.7 Å². The summed E-state index contributed by atoms with van der Waals surface area (Å²) < 4.78 is 14.7. The number of likely N-dealkylation sites (tertiary alicyclic amines) is 1. The lowest BCUT2D eigenvalue weighted by Gasteiger charge is -2.36. The van der Waals surface area contributed by atoms with E-state index in [9.17, 15) is 4.39 Å². The molecule has 2 saturated heterocycles. The van der Waals surface area contributed by atoms with Crippen molar-refractivity contribution in [3.05, 3.63) is 65.0 Å². The minimum atomic E-state index is -0.0222. The number of rotatable bonds is 5. The molecule has 3 unspecified atom stereocenters. The van der Waals surface area contributed by atoms with Gasteiger partial charge >= 0.3 is 0 Å². The zero-order valence-electron chi connectivity index (χ0n) is 20.1. The van der Waals surface area contributed by atoms with Crippen LogP contribution in [0, 0.1) is 5.82 Å². The van der Waals surface area contributed by atoms with Crippen molar-refractivity contribution in [3.8, 4) is 0 Å². The molecule has 3 atom stereocenters. The molecule has 3 fully saturated rings. The molecule has 0 radical (unpaired) electrons. The summed E-state index contributed by atoms with van der Waals surface area (Å²) in [6.45, 7) is 6.68. The summed E-state index contributed by atoms with van der Waals surface area (Å²) >= 11 is 0. The van der Waals surface area contributed by atoms with Crippen LogP contribution < -0.4 is 4.90 Å². The Balaban J connectivity index is 1.17. The van der Waals surface area contributed by atoms with Crippen LogP contribution >= 0.6 is 0 Å². The van der Waals surface area contributed by atoms with Crippen molar-refractivity contribution in [2.24, 2.45) is 0 Å². The van der Waals surface area contributed by atoms with Gasteiger partial charge in [-0.25, -0.2) is 4.39 Å². The molecule has 0 bridgehead atoms. The molecule has 2 aliphatic carbocycles. The summed E-state index contributed by atoms with van der Waals surface area (Å²) in [6.07, 6.45) is 4.83.